The maximum absolute atomic E-state index is 4.36. The van der Waals surface area contributed by atoms with Gasteiger partial charge in [0.1, 0.15) is 0 Å². The number of benzene rings is 1. The van der Waals surface area contributed by atoms with Crippen LogP contribution in [0.4, 0.5) is 5.69 Å². The van der Waals surface area contributed by atoms with Crippen molar-refractivity contribution in [3.63, 3.8) is 0 Å². The van der Waals surface area contributed by atoms with E-state index in [4.69, 9.17) is 0 Å². The molecule has 0 saturated heterocycles. The van der Waals surface area contributed by atoms with Gasteiger partial charge in [-0.25, -0.2) is 0 Å². The molecule has 1 nitrogen and oxygen atoms in total. The minimum Gasteiger partial charge on any atom is -0.261 e. The third-order valence-corrected chi connectivity index (χ3v) is 2.15. The summed E-state index contributed by atoms with van der Waals surface area (Å²) in [6.45, 7) is 6.31. The molecule has 0 atom stereocenters. The first-order valence-corrected chi connectivity index (χ1v) is 4.86. The van der Waals surface area contributed by atoms with Crippen LogP contribution in [0, 0.1) is 6.92 Å². The van der Waals surface area contributed by atoms with E-state index >= 15 is 0 Å². The zero-order valence-corrected chi connectivity index (χ0v) is 8.67. The Kier molecular flexibility index (Phi) is 3.69. The second-order valence-corrected chi connectivity index (χ2v) is 3.21. The molecule has 0 aliphatic heterocycles. The van der Waals surface area contributed by atoms with Gasteiger partial charge in [0.2, 0.25) is 0 Å². The van der Waals surface area contributed by atoms with Gasteiger partial charge in [0.15, 0.2) is 0 Å². The molecule has 0 heterocycles. The van der Waals surface area contributed by atoms with Crippen LogP contribution in [-0.4, -0.2) is 6.21 Å². The topological polar surface area (TPSA) is 12.4 Å². The zero-order chi connectivity index (χ0) is 9.68. The number of aryl methyl sites for hydroxylation is 1. The van der Waals surface area contributed by atoms with Crippen LogP contribution in [0.1, 0.15) is 31.4 Å². The average molecular weight is 175 g/mol. The van der Waals surface area contributed by atoms with Gasteiger partial charge in [-0.2, -0.15) is 0 Å². The monoisotopic (exact) mass is 175 g/mol. The van der Waals surface area contributed by atoms with Crippen molar-refractivity contribution in [1.82, 2.24) is 0 Å². The zero-order valence-electron chi connectivity index (χ0n) is 8.67. The Hall–Kier alpha value is -1.11. The first kappa shape index (κ1) is 9.97. The minimum atomic E-state index is 1.12. The number of hydrogen-bond acceptors (Lipinski definition) is 1. The highest BCUT2D eigenvalue weighted by atomic mass is 14.7. The summed E-state index contributed by atoms with van der Waals surface area (Å²) in [5, 5.41) is 0. The number of rotatable bonds is 3. The van der Waals surface area contributed by atoms with Gasteiger partial charge < -0.3 is 0 Å². The van der Waals surface area contributed by atoms with Crippen molar-refractivity contribution in [3.8, 4) is 0 Å². The van der Waals surface area contributed by atoms with Crippen LogP contribution >= 0.6 is 0 Å². The van der Waals surface area contributed by atoms with Gasteiger partial charge in [-0.3, -0.25) is 4.99 Å². The fraction of sp³-hybridized carbons (Fsp3) is 0.417. The fourth-order valence-electron chi connectivity index (χ4n) is 1.52. The van der Waals surface area contributed by atoms with Crippen LogP contribution in [0.5, 0.6) is 0 Å². The van der Waals surface area contributed by atoms with E-state index in [-0.39, 0.29) is 0 Å². The van der Waals surface area contributed by atoms with E-state index in [0.717, 1.165) is 12.1 Å². The maximum atomic E-state index is 4.36. The van der Waals surface area contributed by atoms with Gasteiger partial charge in [0, 0.05) is 6.21 Å². The second kappa shape index (κ2) is 4.80. The minimum absolute atomic E-state index is 1.12. The van der Waals surface area contributed by atoms with Crippen LogP contribution in [-0.2, 0) is 6.42 Å². The first-order valence-electron chi connectivity index (χ1n) is 4.86. The molecule has 1 heteroatoms. The number of hydrogen-bond donors (Lipinski definition) is 0. The van der Waals surface area contributed by atoms with Crippen LogP contribution in [0.15, 0.2) is 23.2 Å². The Bertz CT molecular complexity index is 300. The summed E-state index contributed by atoms with van der Waals surface area (Å²) in [6, 6.07) is 6.30. The molecule has 1 rings (SSSR count). The van der Waals surface area contributed by atoms with Crippen molar-refractivity contribution in [2.24, 2.45) is 4.99 Å². The van der Waals surface area contributed by atoms with E-state index in [2.05, 4.69) is 37.0 Å². The molecule has 0 bridgehead atoms. The highest BCUT2D eigenvalue weighted by Gasteiger charge is 2.01. The quantitative estimate of drug-likeness (QED) is 0.621. The molecule has 0 saturated carbocycles. The standard InChI is InChI=1S/C12H17N/c1-4-7-11-10(3)8-6-9-12(11)13-5-2/h5-6,8-9H,4,7H2,1-3H3. The molecule has 0 fully saturated rings. The molecule has 70 valence electrons. The van der Waals surface area contributed by atoms with Gasteiger partial charge in [0.25, 0.3) is 0 Å². The Morgan fingerprint density at radius 2 is 2.15 bits per heavy atom. The molecular formula is C12H17N. The maximum Gasteiger partial charge on any atom is 0.0660 e. The van der Waals surface area contributed by atoms with Gasteiger partial charge in [-0.1, -0.05) is 25.5 Å². The lowest BCUT2D eigenvalue weighted by atomic mass is 10.0. The van der Waals surface area contributed by atoms with Crippen molar-refractivity contribution < 1.29 is 0 Å². The number of nitrogens with zero attached hydrogens (tertiary/aromatic N) is 1. The molecule has 1 aromatic carbocycles. The molecule has 0 aliphatic rings. The smallest absolute Gasteiger partial charge is 0.0660 e. The lowest BCUT2D eigenvalue weighted by Gasteiger charge is -2.07. The van der Waals surface area contributed by atoms with E-state index in [0.29, 0.717) is 0 Å². The fourth-order valence-corrected chi connectivity index (χ4v) is 1.52. The molecule has 13 heavy (non-hydrogen) atoms. The third-order valence-electron chi connectivity index (χ3n) is 2.15. The van der Waals surface area contributed by atoms with Gasteiger partial charge >= 0.3 is 0 Å². The first-order chi connectivity index (χ1) is 6.29. The van der Waals surface area contributed by atoms with Crippen LogP contribution in [0.25, 0.3) is 0 Å². The largest absolute Gasteiger partial charge is 0.261 e. The molecule has 0 spiro atoms. The molecule has 0 N–H and O–H groups in total. The highest BCUT2D eigenvalue weighted by Crippen LogP contribution is 2.23. The summed E-state index contributed by atoms with van der Waals surface area (Å²) >= 11 is 0. The van der Waals surface area contributed by atoms with Gasteiger partial charge in [0.05, 0.1) is 5.69 Å². The Morgan fingerprint density at radius 1 is 1.38 bits per heavy atom. The number of aliphatic imine (C=N–C) groups is 1. The van der Waals surface area contributed by atoms with E-state index in [1.165, 1.54) is 17.5 Å². The third kappa shape index (κ3) is 2.41. The van der Waals surface area contributed by atoms with E-state index < -0.39 is 0 Å². The Labute approximate surface area is 80.5 Å². The van der Waals surface area contributed by atoms with E-state index in [9.17, 15) is 0 Å². The summed E-state index contributed by atoms with van der Waals surface area (Å²) in [5.41, 5.74) is 3.87. The molecule has 0 amide bonds. The van der Waals surface area contributed by atoms with E-state index in [1.54, 1.807) is 0 Å². The van der Waals surface area contributed by atoms with Crippen LogP contribution in [0.3, 0.4) is 0 Å². The summed E-state index contributed by atoms with van der Waals surface area (Å²) in [6.07, 6.45) is 4.16. The van der Waals surface area contributed by atoms with Gasteiger partial charge in [-0.15, -0.1) is 0 Å². The predicted molar refractivity (Wildman–Crippen MR) is 59.0 cm³/mol. The summed E-state index contributed by atoms with van der Waals surface area (Å²) in [4.78, 5) is 4.36. The van der Waals surface area contributed by atoms with Crippen LogP contribution < -0.4 is 0 Å². The Morgan fingerprint density at radius 3 is 2.77 bits per heavy atom. The molecule has 0 aromatic heterocycles. The lowest BCUT2D eigenvalue weighted by Crippen LogP contribution is -1.88. The summed E-state index contributed by atoms with van der Waals surface area (Å²) < 4.78 is 0. The Balaban J connectivity index is 3.09. The second-order valence-electron chi connectivity index (χ2n) is 3.21. The predicted octanol–water partition coefficient (Wildman–Crippen LogP) is 3.67. The van der Waals surface area contributed by atoms with Crippen LogP contribution in [0.2, 0.25) is 0 Å². The molecule has 0 unspecified atom stereocenters. The molecular weight excluding hydrogens is 158 g/mol. The summed E-state index contributed by atoms with van der Waals surface area (Å²) in [7, 11) is 0. The van der Waals surface area contributed by atoms with Crippen molar-refractivity contribution in [2.75, 3.05) is 0 Å². The van der Waals surface area contributed by atoms with Crippen molar-refractivity contribution in [2.45, 2.75) is 33.6 Å². The highest BCUT2D eigenvalue weighted by molar-refractivity contribution is 5.63. The average Bonchev–Trinajstić information content (AvgIpc) is 2.11. The van der Waals surface area contributed by atoms with Crippen molar-refractivity contribution in [3.05, 3.63) is 29.3 Å². The normalized spacial score (nSPS) is 11.0. The molecule has 1 aromatic rings. The molecule has 0 radical (unpaired) electrons. The van der Waals surface area contributed by atoms with Crippen molar-refractivity contribution in [1.29, 1.82) is 0 Å². The molecule has 0 aliphatic carbocycles. The van der Waals surface area contributed by atoms with Crippen molar-refractivity contribution >= 4 is 11.9 Å². The summed E-state index contributed by atoms with van der Waals surface area (Å²) in [5.74, 6) is 0. The van der Waals surface area contributed by atoms with Gasteiger partial charge in [-0.05, 0) is 37.5 Å². The van der Waals surface area contributed by atoms with E-state index in [1.807, 2.05) is 13.1 Å². The lowest BCUT2D eigenvalue weighted by molar-refractivity contribution is 0.913. The SMILES string of the molecule is CC=Nc1cccc(C)c1CCC.